The average molecular weight is 245 g/mol. The highest BCUT2D eigenvalue weighted by molar-refractivity contribution is 5.99. The van der Waals surface area contributed by atoms with E-state index < -0.39 is 0 Å². The van der Waals surface area contributed by atoms with Gasteiger partial charge in [-0.15, -0.1) is 5.10 Å². The quantitative estimate of drug-likeness (QED) is 0.530. The van der Waals surface area contributed by atoms with Gasteiger partial charge in [0.05, 0.1) is 0 Å². The van der Waals surface area contributed by atoms with Crippen LogP contribution in [0.15, 0.2) is 52.0 Å². The van der Waals surface area contributed by atoms with Crippen molar-refractivity contribution in [1.29, 1.82) is 0 Å². The van der Waals surface area contributed by atoms with Gasteiger partial charge in [0.25, 0.3) is 0 Å². The third kappa shape index (κ3) is 2.27. The second-order valence-electron chi connectivity index (χ2n) is 3.56. The van der Waals surface area contributed by atoms with E-state index in [4.69, 9.17) is 10.5 Å². The summed E-state index contributed by atoms with van der Waals surface area (Å²) in [7, 11) is 3.35. The largest absolute Gasteiger partial charge is 0.417 e. The van der Waals surface area contributed by atoms with Crippen LogP contribution in [0.3, 0.4) is 0 Å². The van der Waals surface area contributed by atoms with Gasteiger partial charge in [0.1, 0.15) is 11.5 Å². The molecule has 1 aromatic carbocycles. The first-order valence-electron chi connectivity index (χ1n) is 5.48. The fourth-order valence-electron chi connectivity index (χ4n) is 1.52. The summed E-state index contributed by atoms with van der Waals surface area (Å²) in [6, 6.07) is 9.61. The summed E-state index contributed by atoms with van der Waals surface area (Å²) in [5.41, 5.74) is 10.0. The fraction of sp³-hybridized carbons (Fsp3) is 0.167. The van der Waals surface area contributed by atoms with Gasteiger partial charge in [-0.2, -0.15) is 0 Å². The number of amidine groups is 1. The van der Waals surface area contributed by atoms with E-state index in [0.717, 1.165) is 5.56 Å². The molecule has 1 heterocycles. The second kappa shape index (κ2) is 5.22. The van der Waals surface area contributed by atoms with E-state index in [-0.39, 0.29) is 0 Å². The Hall–Kier alpha value is -2.50. The Morgan fingerprint density at radius 3 is 2.72 bits per heavy atom. The maximum absolute atomic E-state index is 5.75. The number of nitrogens with zero attached hydrogens (tertiary/aromatic N) is 2. The van der Waals surface area contributed by atoms with E-state index >= 15 is 0 Å². The number of hydrogen-bond acceptors (Lipinski definition) is 5. The first-order chi connectivity index (χ1) is 8.76. The van der Waals surface area contributed by atoms with Gasteiger partial charge in [0.2, 0.25) is 11.8 Å². The Kier molecular flexibility index (Phi) is 3.47. The van der Waals surface area contributed by atoms with Crippen molar-refractivity contribution in [3.05, 3.63) is 47.5 Å². The first-order valence-corrected chi connectivity index (χ1v) is 5.48. The molecule has 0 spiro atoms. The zero-order chi connectivity index (χ0) is 13.0. The van der Waals surface area contributed by atoms with Crippen LogP contribution >= 0.6 is 0 Å². The fourth-order valence-corrected chi connectivity index (χ4v) is 1.52. The molecule has 0 saturated carbocycles. The van der Waals surface area contributed by atoms with Crippen molar-refractivity contribution in [2.24, 2.45) is 15.8 Å². The molecule has 0 aromatic heterocycles. The van der Waals surface area contributed by atoms with Gasteiger partial charge in [-0.3, -0.25) is 4.99 Å². The molecule has 18 heavy (non-hydrogen) atoms. The number of likely N-dealkylation sites (N-methyl/N-ethyl adjacent to an activating group) is 1. The molecule has 0 bridgehead atoms. The number of benzene rings is 1. The van der Waals surface area contributed by atoms with Crippen LogP contribution < -0.4 is 16.5 Å². The maximum Gasteiger partial charge on any atom is 0.245 e. The Labute approximate surface area is 105 Å². The molecule has 1 aliphatic heterocycles. The Balaban J connectivity index is 2.23. The van der Waals surface area contributed by atoms with Crippen LogP contribution in [-0.4, -0.2) is 25.8 Å². The van der Waals surface area contributed by atoms with Crippen molar-refractivity contribution < 1.29 is 4.74 Å². The summed E-state index contributed by atoms with van der Waals surface area (Å²) in [5, 5.41) is 7.04. The highest BCUT2D eigenvalue weighted by atomic mass is 16.5. The number of rotatable bonds is 3. The van der Waals surface area contributed by atoms with Gasteiger partial charge in [-0.05, 0) is 12.1 Å². The number of ether oxygens (including phenoxy) is 1. The maximum atomic E-state index is 5.75. The van der Waals surface area contributed by atoms with Crippen molar-refractivity contribution in [3.63, 3.8) is 0 Å². The summed E-state index contributed by atoms with van der Waals surface area (Å²) in [4.78, 5) is 3.91. The van der Waals surface area contributed by atoms with E-state index in [2.05, 4.69) is 20.8 Å². The van der Waals surface area contributed by atoms with Crippen molar-refractivity contribution in [3.8, 4) is 0 Å². The predicted molar refractivity (Wildman–Crippen MR) is 70.8 cm³/mol. The minimum Gasteiger partial charge on any atom is -0.417 e. The lowest BCUT2D eigenvalue weighted by Crippen LogP contribution is -2.28. The Morgan fingerprint density at radius 2 is 2.11 bits per heavy atom. The minimum absolute atomic E-state index is 0.351. The summed E-state index contributed by atoms with van der Waals surface area (Å²) in [5.74, 6) is 1.30. The highest BCUT2D eigenvalue weighted by Crippen LogP contribution is 2.13. The number of hydrazone groups is 1. The minimum atomic E-state index is 0.351. The van der Waals surface area contributed by atoms with Gasteiger partial charge >= 0.3 is 0 Å². The summed E-state index contributed by atoms with van der Waals surface area (Å²) in [6.07, 6.45) is 0. The predicted octanol–water partition coefficient (Wildman–Crippen LogP) is 0.344. The standard InChI is InChI=1S/C12H15N5O/c1-14-9(10(13)15-2)12-17-16-11(18-12)8-6-4-3-5-7-8/h3-7,14,17H,1-2H3,(H2,13,15). The van der Waals surface area contributed by atoms with E-state index in [1.54, 1.807) is 14.1 Å². The van der Waals surface area contributed by atoms with Crippen LogP contribution in [0.2, 0.25) is 0 Å². The number of nitrogens with two attached hydrogens (primary N) is 1. The van der Waals surface area contributed by atoms with Crippen molar-refractivity contribution in [1.82, 2.24) is 10.7 Å². The number of aliphatic imine (C=N–C) groups is 1. The molecule has 94 valence electrons. The smallest absolute Gasteiger partial charge is 0.245 e. The molecule has 1 aromatic rings. The molecule has 6 nitrogen and oxygen atoms in total. The summed E-state index contributed by atoms with van der Waals surface area (Å²) in [6.45, 7) is 0. The lowest BCUT2D eigenvalue weighted by atomic mass is 10.2. The van der Waals surface area contributed by atoms with Crippen LogP contribution in [0.1, 0.15) is 5.56 Å². The van der Waals surface area contributed by atoms with Crippen LogP contribution in [0, 0.1) is 0 Å². The lowest BCUT2D eigenvalue weighted by molar-refractivity contribution is 0.408. The molecule has 0 amide bonds. The Bertz CT molecular complexity index is 519. The molecule has 2 rings (SSSR count). The molecular weight excluding hydrogens is 230 g/mol. The third-order valence-corrected chi connectivity index (χ3v) is 2.45. The van der Waals surface area contributed by atoms with Crippen molar-refractivity contribution in [2.75, 3.05) is 14.1 Å². The molecule has 0 atom stereocenters. The van der Waals surface area contributed by atoms with Gasteiger partial charge in [0.15, 0.2) is 0 Å². The van der Waals surface area contributed by atoms with Crippen molar-refractivity contribution in [2.45, 2.75) is 0 Å². The topological polar surface area (TPSA) is 84.0 Å². The highest BCUT2D eigenvalue weighted by Gasteiger charge is 2.20. The van der Waals surface area contributed by atoms with Crippen molar-refractivity contribution >= 4 is 11.7 Å². The van der Waals surface area contributed by atoms with Crippen LogP contribution in [0.5, 0.6) is 0 Å². The molecular formula is C12H15N5O. The van der Waals surface area contributed by atoms with Gasteiger partial charge < -0.3 is 15.8 Å². The zero-order valence-electron chi connectivity index (χ0n) is 10.3. The molecule has 1 aliphatic rings. The summed E-state index contributed by atoms with van der Waals surface area (Å²) < 4.78 is 5.62. The normalized spacial score (nSPS) is 17.7. The van der Waals surface area contributed by atoms with E-state index in [1.165, 1.54) is 0 Å². The molecule has 4 N–H and O–H groups in total. The average Bonchev–Trinajstić information content (AvgIpc) is 2.90. The molecule has 0 aliphatic carbocycles. The monoisotopic (exact) mass is 245 g/mol. The number of nitrogens with one attached hydrogen (secondary N) is 2. The number of hydrogen-bond donors (Lipinski definition) is 3. The second-order valence-corrected chi connectivity index (χ2v) is 3.56. The lowest BCUT2D eigenvalue weighted by Gasteiger charge is -2.09. The molecule has 0 radical (unpaired) electrons. The molecule has 0 unspecified atom stereocenters. The first kappa shape index (κ1) is 12.0. The van der Waals surface area contributed by atoms with Gasteiger partial charge in [-0.25, -0.2) is 5.43 Å². The third-order valence-electron chi connectivity index (χ3n) is 2.45. The Morgan fingerprint density at radius 1 is 1.39 bits per heavy atom. The molecule has 6 heteroatoms. The van der Waals surface area contributed by atoms with Crippen LogP contribution in [0.4, 0.5) is 0 Å². The van der Waals surface area contributed by atoms with Crippen LogP contribution in [0.25, 0.3) is 0 Å². The SMILES string of the molecule is CN=C(N)C(NC)=C1NN=C(c2ccccc2)O1. The van der Waals surface area contributed by atoms with Gasteiger partial charge in [0, 0.05) is 19.7 Å². The van der Waals surface area contributed by atoms with E-state index in [9.17, 15) is 0 Å². The molecule has 0 fully saturated rings. The van der Waals surface area contributed by atoms with Crippen LogP contribution in [-0.2, 0) is 4.74 Å². The summed E-state index contributed by atoms with van der Waals surface area (Å²) >= 11 is 0. The van der Waals surface area contributed by atoms with Gasteiger partial charge in [-0.1, -0.05) is 18.2 Å². The molecule has 0 saturated heterocycles. The van der Waals surface area contributed by atoms with E-state index in [1.807, 2.05) is 30.3 Å². The van der Waals surface area contributed by atoms with E-state index in [0.29, 0.717) is 23.3 Å². The zero-order valence-corrected chi connectivity index (χ0v) is 10.3.